The molecular formula is C21H27FN4O2. The van der Waals surface area contributed by atoms with Crippen LogP contribution in [0.1, 0.15) is 32.3 Å². The third-order valence-corrected chi connectivity index (χ3v) is 4.73. The number of nitrogens with one attached hydrogen (secondary N) is 2. The average Bonchev–Trinajstić information content (AvgIpc) is 2.67. The number of piperidine rings is 1. The molecule has 150 valence electrons. The van der Waals surface area contributed by atoms with Crippen molar-refractivity contribution in [1.29, 1.82) is 0 Å². The van der Waals surface area contributed by atoms with Gasteiger partial charge in [0.05, 0.1) is 18.5 Å². The van der Waals surface area contributed by atoms with E-state index in [0.29, 0.717) is 24.2 Å². The van der Waals surface area contributed by atoms with E-state index in [-0.39, 0.29) is 11.7 Å². The first-order valence-electron chi connectivity index (χ1n) is 9.67. The number of aromatic nitrogens is 1. The minimum Gasteiger partial charge on any atom is -0.491 e. The summed E-state index contributed by atoms with van der Waals surface area (Å²) >= 11 is 0. The first kappa shape index (κ1) is 20.1. The second-order valence-electron chi connectivity index (χ2n) is 7.01. The summed E-state index contributed by atoms with van der Waals surface area (Å²) < 4.78 is 19.1. The molecule has 6 nitrogen and oxygen atoms in total. The number of pyridine rings is 1. The molecule has 2 N–H and O–H groups in total. The number of anilines is 2. The number of rotatable bonds is 7. The van der Waals surface area contributed by atoms with Gasteiger partial charge in [0.15, 0.2) is 11.6 Å². The molecule has 0 radical (unpaired) electrons. The predicted octanol–water partition coefficient (Wildman–Crippen LogP) is 3.65. The Kier molecular flexibility index (Phi) is 6.81. The Bertz CT molecular complexity index is 789. The van der Waals surface area contributed by atoms with Crippen LogP contribution in [0, 0.1) is 5.82 Å². The van der Waals surface area contributed by atoms with E-state index >= 15 is 0 Å². The normalized spacial score (nSPS) is 15.2. The molecule has 0 bridgehead atoms. The molecule has 2 aromatic rings. The molecule has 0 unspecified atom stereocenters. The predicted molar refractivity (Wildman–Crippen MR) is 108 cm³/mol. The van der Waals surface area contributed by atoms with Gasteiger partial charge in [-0.3, -0.25) is 9.69 Å². The SMILES string of the molecule is CCOc1cc(CN2CCC(Nc3ccc(NC(C)=O)nc3)CC2)ccc1F. The fourth-order valence-corrected chi connectivity index (χ4v) is 3.38. The maximum absolute atomic E-state index is 13.7. The van der Waals surface area contributed by atoms with Gasteiger partial charge in [-0.25, -0.2) is 9.37 Å². The smallest absolute Gasteiger partial charge is 0.222 e. The largest absolute Gasteiger partial charge is 0.491 e. The molecule has 3 rings (SSSR count). The maximum atomic E-state index is 13.7. The summed E-state index contributed by atoms with van der Waals surface area (Å²) in [6.07, 6.45) is 3.78. The quantitative estimate of drug-likeness (QED) is 0.760. The molecule has 1 amide bonds. The minimum absolute atomic E-state index is 0.130. The summed E-state index contributed by atoms with van der Waals surface area (Å²) in [5, 5.41) is 6.17. The van der Waals surface area contributed by atoms with Crippen molar-refractivity contribution in [2.45, 2.75) is 39.3 Å². The summed E-state index contributed by atoms with van der Waals surface area (Å²) in [7, 11) is 0. The van der Waals surface area contributed by atoms with Gasteiger partial charge in [-0.1, -0.05) is 6.07 Å². The van der Waals surface area contributed by atoms with Crippen LogP contribution >= 0.6 is 0 Å². The first-order chi connectivity index (χ1) is 13.5. The summed E-state index contributed by atoms with van der Waals surface area (Å²) in [5.41, 5.74) is 2.02. The van der Waals surface area contributed by atoms with E-state index in [4.69, 9.17) is 4.74 Å². The van der Waals surface area contributed by atoms with Crippen LogP contribution in [-0.4, -0.2) is 41.5 Å². The van der Waals surface area contributed by atoms with Gasteiger partial charge in [0.2, 0.25) is 5.91 Å². The van der Waals surface area contributed by atoms with E-state index < -0.39 is 0 Å². The van der Waals surface area contributed by atoms with Gasteiger partial charge in [0.1, 0.15) is 5.82 Å². The highest BCUT2D eigenvalue weighted by molar-refractivity contribution is 5.87. The molecule has 1 aromatic carbocycles. The van der Waals surface area contributed by atoms with E-state index in [0.717, 1.165) is 43.7 Å². The molecule has 0 aliphatic carbocycles. The number of likely N-dealkylation sites (tertiary alicyclic amines) is 1. The van der Waals surface area contributed by atoms with Gasteiger partial charge in [-0.15, -0.1) is 0 Å². The Morgan fingerprint density at radius 1 is 1.29 bits per heavy atom. The monoisotopic (exact) mass is 386 g/mol. The molecule has 28 heavy (non-hydrogen) atoms. The Morgan fingerprint density at radius 2 is 2.07 bits per heavy atom. The lowest BCUT2D eigenvalue weighted by Crippen LogP contribution is -2.38. The van der Waals surface area contributed by atoms with Gasteiger partial charge in [-0.2, -0.15) is 0 Å². The van der Waals surface area contributed by atoms with Gasteiger partial charge < -0.3 is 15.4 Å². The number of halogens is 1. The third-order valence-electron chi connectivity index (χ3n) is 4.73. The molecule has 2 heterocycles. The van der Waals surface area contributed by atoms with Crippen molar-refractivity contribution in [3.8, 4) is 5.75 Å². The third kappa shape index (κ3) is 5.66. The summed E-state index contributed by atoms with van der Waals surface area (Å²) in [5.74, 6) is 0.437. The first-order valence-corrected chi connectivity index (χ1v) is 9.67. The molecule has 0 spiro atoms. The number of hydrogen-bond acceptors (Lipinski definition) is 5. The molecule has 1 aliphatic heterocycles. The van der Waals surface area contributed by atoms with E-state index in [2.05, 4.69) is 20.5 Å². The highest BCUT2D eigenvalue weighted by Crippen LogP contribution is 2.22. The standard InChI is InChI=1S/C21H27FN4O2/c1-3-28-20-12-16(4-6-19(20)22)14-26-10-8-17(9-11-26)25-18-5-7-21(23-13-18)24-15(2)27/h4-7,12-13,17,25H,3,8-11,14H2,1-2H3,(H,23,24,27). The van der Waals surface area contributed by atoms with Crippen LogP contribution in [-0.2, 0) is 11.3 Å². The zero-order valence-corrected chi connectivity index (χ0v) is 16.4. The summed E-state index contributed by atoms with van der Waals surface area (Å²) in [4.78, 5) is 17.7. The number of carbonyl (C=O) groups excluding carboxylic acids is 1. The van der Waals surface area contributed by atoms with Crippen LogP contribution in [0.2, 0.25) is 0 Å². The lowest BCUT2D eigenvalue weighted by atomic mass is 10.0. The second kappa shape index (κ2) is 9.50. The molecule has 7 heteroatoms. The fourth-order valence-electron chi connectivity index (χ4n) is 3.38. The number of amides is 1. The van der Waals surface area contributed by atoms with E-state index in [9.17, 15) is 9.18 Å². The molecular weight excluding hydrogens is 359 g/mol. The highest BCUT2D eigenvalue weighted by Gasteiger charge is 2.19. The molecule has 1 saturated heterocycles. The van der Waals surface area contributed by atoms with Gasteiger partial charge >= 0.3 is 0 Å². The Morgan fingerprint density at radius 3 is 2.71 bits per heavy atom. The Balaban J connectivity index is 1.48. The van der Waals surface area contributed by atoms with Crippen LogP contribution < -0.4 is 15.4 Å². The van der Waals surface area contributed by atoms with Crippen LogP contribution in [0.4, 0.5) is 15.9 Å². The summed E-state index contributed by atoms with van der Waals surface area (Å²) in [6.45, 7) is 6.50. The molecule has 1 fully saturated rings. The topological polar surface area (TPSA) is 66.5 Å². The van der Waals surface area contributed by atoms with Crippen molar-refractivity contribution < 1.29 is 13.9 Å². The fraction of sp³-hybridized carbons (Fsp3) is 0.429. The van der Waals surface area contributed by atoms with Crippen molar-refractivity contribution in [2.75, 3.05) is 30.3 Å². The molecule has 0 atom stereocenters. The van der Waals surface area contributed by atoms with Crippen molar-refractivity contribution in [1.82, 2.24) is 9.88 Å². The maximum Gasteiger partial charge on any atom is 0.222 e. The van der Waals surface area contributed by atoms with Gasteiger partial charge in [-0.05, 0) is 49.6 Å². The average molecular weight is 386 g/mol. The van der Waals surface area contributed by atoms with Crippen LogP contribution in [0.25, 0.3) is 0 Å². The van der Waals surface area contributed by atoms with Crippen molar-refractivity contribution in [2.24, 2.45) is 0 Å². The van der Waals surface area contributed by atoms with Crippen molar-refractivity contribution in [3.63, 3.8) is 0 Å². The Labute approximate surface area is 165 Å². The van der Waals surface area contributed by atoms with Crippen LogP contribution in [0.5, 0.6) is 5.75 Å². The molecule has 1 aromatic heterocycles. The number of carbonyl (C=O) groups is 1. The Hall–Kier alpha value is -2.67. The van der Waals surface area contributed by atoms with Gasteiger partial charge in [0.25, 0.3) is 0 Å². The number of hydrogen-bond donors (Lipinski definition) is 2. The van der Waals surface area contributed by atoms with Crippen LogP contribution in [0.3, 0.4) is 0 Å². The lowest BCUT2D eigenvalue weighted by molar-refractivity contribution is -0.114. The van der Waals surface area contributed by atoms with E-state index in [1.165, 1.54) is 13.0 Å². The molecule has 0 saturated carbocycles. The van der Waals surface area contributed by atoms with E-state index in [1.807, 2.05) is 19.1 Å². The lowest BCUT2D eigenvalue weighted by Gasteiger charge is -2.33. The highest BCUT2D eigenvalue weighted by atomic mass is 19.1. The van der Waals surface area contributed by atoms with Crippen molar-refractivity contribution in [3.05, 3.63) is 47.9 Å². The summed E-state index contributed by atoms with van der Waals surface area (Å²) in [6, 6.07) is 9.21. The molecule has 1 aliphatic rings. The zero-order chi connectivity index (χ0) is 19.9. The number of nitrogens with zero attached hydrogens (tertiary/aromatic N) is 2. The zero-order valence-electron chi connectivity index (χ0n) is 16.4. The minimum atomic E-state index is -0.313. The van der Waals surface area contributed by atoms with Crippen molar-refractivity contribution >= 4 is 17.4 Å². The van der Waals surface area contributed by atoms with Crippen LogP contribution in [0.15, 0.2) is 36.5 Å². The number of benzene rings is 1. The number of ether oxygens (including phenoxy) is 1. The second-order valence-corrected chi connectivity index (χ2v) is 7.01. The van der Waals surface area contributed by atoms with E-state index in [1.54, 1.807) is 18.3 Å². The van der Waals surface area contributed by atoms with Gasteiger partial charge in [0, 0.05) is 32.6 Å².